The van der Waals surface area contributed by atoms with Gasteiger partial charge in [-0.3, -0.25) is 10.1 Å². The zero-order valence-electron chi connectivity index (χ0n) is 17.7. The third kappa shape index (κ3) is 4.26. The van der Waals surface area contributed by atoms with Crippen LogP contribution in [0.5, 0.6) is 11.5 Å². The summed E-state index contributed by atoms with van der Waals surface area (Å²) in [6.45, 7) is 1.23. The van der Waals surface area contributed by atoms with Gasteiger partial charge in [0.05, 0.1) is 10.5 Å². The summed E-state index contributed by atoms with van der Waals surface area (Å²) in [4.78, 5) is 21.9. The van der Waals surface area contributed by atoms with Gasteiger partial charge in [-0.05, 0) is 18.2 Å². The quantitative estimate of drug-likeness (QED) is 0.144. The second-order valence-electron chi connectivity index (χ2n) is 7.33. The molecule has 0 atom stereocenters. The Hall–Kier alpha value is -4.81. The summed E-state index contributed by atoms with van der Waals surface area (Å²) >= 11 is 0. The molecule has 2 aromatic heterocycles. The molecule has 0 bridgehead atoms. The molecule has 0 unspecified atom stereocenters. The Balaban J connectivity index is 2.03. The lowest BCUT2D eigenvalue weighted by Gasteiger charge is -2.17. The fraction of sp³-hybridized carbons (Fsp3) is 0.0909. The molecule has 4 aromatic rings. The second kappa shape index (κ2) is 8.52. The number of phenols is 2. The van der Waals surface area contributed by atoms with Crippen molar-refractivity contribution in [1.82, 2.24) is 15.0 Å². The van der Waals surface area contributed by atoms with E-state index in [-0.39, 0.29) is 28.3 Å². The van der Waals surface area contributed by atoms with Crippen LogP contribution in [0.1, 0.15) is 11.3 Å². The van der Waals surface area contributed by atoms with Crippen LogP contribution in [-0.2, 0) is 6.18 Å². The first-order valence-electron chi connectivity index (χ1n) is 9.79. The zero-order valence-corrected chi connectivity index (χ0v) is 17.7. The SMILES string of the molecule is Cc1cc(C(F)(F)F)c(-c2ncnc(-c3cc(O)c(O)c([N+](=O)[O-])c3)n2)c(-c2ccccc2)[n+]1[O-]. The number of pyridine rings is 1. The summed E-state index contributed by atoms with van der Waals surface area (Å²) in [5.41, 5.74) is -3.22. The first-order valence-corrected chi connectivity index (χ1v) is 9.79. The second-order valence-corrected chi connectivity index (χ2v) is 7.33. The van der Waals surface area contributed by atoms with Crippen LogP contribution in [0.25, 0.3) is 34.0 Å². The topological polar surface area (TPSA) is 149 Å². The van der Waals surface area contributed by atoms with E-state index in [9.17, 15) is 38.7 Å². The van der Waals surface area contributed by atoms with Crippen molar-refractivity contribution in [3.05, 3.63) is 81.4 Å². The van der Waals surface area contributed by atoms with Crippen LogP contribution in [0, 0.1) is 22.2 Å². The van der Waals surface area contributed by atoms with E-state index in [1.54, 1.807) is 18.2 Å². The van der Waals surface area contributed by atoms with Gasteiger partial charge in [-0.15, -0.1) is 0 Å². The van der Waals surface area contributed by atoms with E-state index in [1.807, 2.05) is 0 Å². The molecule has 0 saturated carbocycles. The maximum Gasteiger partial charge on any atom is 0.417 e. The molecule has 0 aliphatic carbocycles. The fourth-order valence-corrected chi connectivity index (χ4v) is 3.48. The van der Waals surface area contributed by atoms with Gasteiger partial charge in [0, 0.05) is 30.2 Å². The highest BCUT2D eigenvalue weighted by atomic mass is 19.4. The Kier molecular flexibility index (Phi) is 5.68. The summed E-state index contributed by atoms with van der Waals surface area (Å²) in [5, 5.41) is 43.7. The molecule has 2 aromatic carbocycles. The highest BCUT2D eigenvalue weighted by molar-refractivity contribution is 5.79. The molecular formula is C22H14F3N5O5. The standard InChI is InChI=1S/C22H14F3N5O5/c1-11-7-14(22(23,24)25)17(18(29(11)33)12-5-3-2-4-6-12)21-27-10-26-20(28-21)13-8-15(30(34)35)19(32)16(31)9-13/h2-10,31-32H,1H3. The summed E-state index contributed by atoms with van der Waals surface area (Å²) < 4.78 is 42.6. The first-order chi connectivity index (χ1) is 16.5. The predicted molar refractivity (Wildman–Crippen MR) is 115 cm³/mol. The van der Waals surface area contributed by atoms with Crippen molar-refractivity contribution in [3.63, 3.8) is 0 Å². The number of halogens is 3. The van der Waals surface area contributed by atoms with Crippen molar-refractivity contribution in [1.29, 1.82) is 0 Å². The van der Waals surface area contributed by atoms with Gasteiger partial charge in [0.1, 0.15) is 11.9 Å². The van der Waals surface area contributed by atoms with Crippen molar-refractivity contribution in [2.75, 3.05) is 0 Å². The minimum atomic E-state index is -4.89. The van der Waals surface area contributed by atoms with E-state index in [0.717, 1.165) is 18.5 Å². The highest BCUT2D eigenvalue weighted by Crippen LogP contribution is 2.42. The molecule has 0 spiro atoms. The number of nitrogens with zero attached hydrogens (tertiary/aromatic N) is 5. The smallest absolute Gasteiger partial charge is 0.417 e. The molecular weight excluding hydrogens is 471 g/mol. The van der Waals surface area contributed by atoms with Crippen molar-refractivity contribution >= 4 is 5.69 Å². The maximum atomic E-state index is 14.1. The van der Waals surface area contributed by atoms with E-state index < -0.39 is 45.2 Å². The normalized spacial score (nSPS) is 11.4. The molecule has 2 heterocycles. The Labute approximate surface area is 194 Å². The summed E-state index contributed by atoms with van der Waals surface area (Å²) in [6.07, 6.45) is -4.02. The number of nitro groups is 1. The lowest BCUT2D eigenvalue weighted by atomic mass is 9.98. The number of hydrogen-bond donors (Lipinski definition) is 2. The predicted octanol–water partition coefficient (Wildman–Crippen LogP) is 4.15. The molecule has 10 nitrogen and oxygen atoms in total. The largest absolute Gasteiger partial charge is 0.618 e. The van der Waals surface area contributed by atoms with E-state index >= 15 is 0 Å². The molecule has 0 amide bonds. The van der Waals surface area contributed by atoms with Gasteiger partial charge in [-0.25, -0.2) is 15.0 Å². The van der Waals surface area contributed by atoms with Gasteiger partial charge in [-0.2, -0.15) is 17.9 Å². The van der Waals surface area contributed by atoms with Gasteiger partial charge in [0.2, 0.25) is 11.4 Å². The highest BCUT2D eigenvalue weighted by Gasteiger charge is 2.40. The number of aromatic hydroxyl groups is 2. The van der Waals surface area contributed by atoms with Crippen LogP contribution in [0.4, 0.5) is 18.9 Å². The van der Waals surface area contributed by atoms with Gasteiger partial charge in [-0.1, -0.05) is 18.2 Å². The molecule has 0 aliphatic heterocycles. The Morgan fingerprint density at radius 1 is 1.00 bits per heavy atom. The molecule has 0 radical (unpaired) electrons. The summed E-state index contributed by atoms with van der Waals surface area (Å²) in [7, 11) is 0. The molecule has 0 fully saturated rings. The molecule has 0 aliphatic rings. The monoisotopic (exact) mass is 485 g/mol. The van der Waals surface area contributed by atoms with Gasteiger partial charge >= 0.3 is 11.9 Å². The number of aromatic nitrogens is 4. The van der Waals surface area contributed by atoms with E-state index in [0.29, 0.717) is 10.8 Å². The van der Waals surface area contributed by atoms with Crippen molar-refractivity contribution in [3.8, 4) is 45.5 Å². The first kappa shape index (κ1) is 23.4. The summed E-state index contributed by atoms with van der Waals surface area (Å²) in [5.74, 6) is -2.71. The number of benzene rings is 2. The fourth-order valence-electron chi connectivity index (χ4n) is 3.48. The van der Waals surface area contributed by atoms with Crippen LogP contribution < -0.4 is 4.73 Å². The zero-order chi connectivity index (χ0) is 25.5. The Morgan fingerprint density at radius 2 is 1.66 bits per heavy atom. The lowest BCUT2D eigenvalue weighted by molar-refractivity contribution is -0.600. The molecule has 2 N–H and O–H groups in total. The number of phenolic OH excluding ortho intramolecular Hbond substituents is 2. The minimum absolute atomic E-state index is 0.173. The molecule has 35 heavy (non-hydrogen) atoms. The number of aryl methyl sites for hydroxylation is 1. The van der Waals surface area contributed by atoms with E-state index in [1.165, 1.54) is 19.1 Å². The van der Waals surface area contributed by atoms with Gasteiger partial charge < -0.3 is 15.4 Å². The molecule has 4 rings (SSSR count). The van der Waals surface area contributed by atoms with Crippen LogP contribution >= 0.6 is 0 Å². The van der Waals surface area contributed by atoms with E-state index in [2.05, 4.69) is 15.0 Å². The molecule has 0 saturated heterocycles. The number of nitro benzene ring substituents is 1. The number of alkyl halides is 3. The Bertz CT molecular complexity index is 1460. The lowest BCUT2D eigenvalue weighted by Crippen LogP contribution is -2.35. The van der Waals surface area contributed by atoms with E-state index in [4.69, 9.17) is 0 Å². The third-order valence-corrected chi connectivity index (χ3v) is 5.06. The van der Waals surface area contributed by atoms with Gasteiger partial charge in [0.15, 0.2) is 23.1 Å². The van der Waals surface area contributed by atoms with Crippen LogP contribution in [-0.4, -0.2) is 30.1 Å². The van der Waals surface area contributed by atoms with Gasteiger partial charge in [0.25, 0.3) is 0 Å². The van der Waals surface area contributed by atoms with Crippen LogP contribution in [0.3, 0.4) is 0 Å². The van der Waals surface area contributed by atoms with Crippen molar-refractivity contribution in [2.24, 2.45) is 0 Å². The number of rotatable bonds is 4. The summed E-state index contributed by atoms with van der Waals surface area (Å²) in [6, 6.07) is 10.1. The van der Waals surface area contributed by atoms with Crippen molar-refractivity contribution < 1.29 is 33.0 Å². The number of hydrogen-bond acceptors (Lipinski definition) is 8. The average molecular weight is 485 g/mol. The molecule has 13 heteroatoms. The third-order valence-electron chi connectivity index (χ3n) is 5.06. The minimum Gasteiger partial charge on any atom is -0.618 e. The molecule has 178 valence electrons. The average Bonchev–Trinajstić information content (AvgIpc) is 2.81. The van der Waals surface area contributed by atoms with Crippen molar-refractivity contribution in [2.45, 2.75) is 13.1 Å². The van der Waals surface area contributed by atoms with Crippen LogP contribution in [0.15, 0.2) is 54.9 Å². The maximum absolute atomic E-state index is 14.1. The Morgan fingerprint density at radius 3 is 2.29 bits per heavy atom. The van der Waals surface area contributed by atoms with Crippen LogP contribution in [0.2, 0.25) is 0 Å².